The first kappa shape index (κ1) is 16.0. The molecule has 122 valence electrons. The van der Waals surface area contributed by atoms with E-state index < -0.39 is 5.91 Å². The van der Waals surface area contributed by atoms with Crippen LogP contribution in [0.3, 0.4) is 0 Å². The Bertz CT molecular complexity index is 874. The lowest BCUT2D eigenvalue weighted by molar-refractivity contribution is 0.0711. The molecule has 0 saturated heterocycles. The molecule has 1 heterocycles. The van der Waals surface area contributed by atoms with E-state index in [4.69, 9.17) is 9.94 Å². The van der Waals surface area contributed by atoms with E-state index in [0.717, 1.165) is 21.3 Å². The lowest BCUT2D eigenvalue weighted by Gasteiger charge is -2.11. The number of hydrogen-bond donors (Lipinski definition) is 3. The topological polar surface area (TPSA) is 70.6 Å². The van der Waals surface area contributed by atoms with Crippen LogP contribution in [-0.4, -0.2) is 11.1 Å². The quantitative estimate of drug-likeness (QED) is 0.359. The number of hydroxylamine groups is 1. The Balaban J connectivity index is 1.66. The average Bonchev–Trinajstić information content (AvgIpc) is 3.03. The molecule has 3 aromatic rings. The summed E-state index contributed by atoms with van der Waals surface area (Å²) in [6.45, 7) is 4.30. The second-order valence-corrected chi connectivity index (χ2v) is 6.21. The first-order valence-corrected chi connectivity index (χ1v) is 8.08. The third kappa shape index (κ3) is 3.73. The predicted molar refractivity (Wildman–Crippen MR) is 95.1 cm³/mol. The van der Waals surface area contributed by atoms with Crippen LogP contribution in [0.2, 0.25) is 0 Å². The molecule has 5 nitrogen and oxygen atoms in total. The molecule has 3 N–H and O–H groups in total. The van der Waals surface area contributed by atoms with E-state index in [1.807, 2.05) is 48.5 Å². The monoisotopic (exact) mass is 340 g/mol. The third-order valence-electron chi connectivity index (χ3n) is 3.38. The van der Waals surface area contributed by atoms with E-state index in [1.165, 1.54) is 11.3 Å². The van der Waals surface area contributed by atoms with Gasteiger partial charge < -0.3 is 10.1 Å². The van der Waals surface area contributed by atoms with Crippen molar-refractivity contribution in [2.45, 2.75) is 6.61 Å². The second-order valence-electron chi connectivity index (χ2n) is 5.13. The molecule has 0 radical (unpaired) electrons. The van der Waals surface area contributed by atoms with Crippen molar-refractivity contribution in [3.63, 3.8) is 0 Å². The zero-order chi connectivity index (χ0) is 16.9. The molecule has 0 bridgehead atoms. The molecule has 0 aliphatic rings. The van der Waals surface area contributed by atoms with Crippen molar-refractivity contribution >= 4 is 33.0 Å². The summed E-state index contributed by atoms with van der Waals surface area (Å²) in [5.41, 5.74) is 3.52. The van der Waals surface area contributed by atoms with Gasteiger partial charge in [0.1, 0.15) is 6.61 Å². The largest absolute Gasteiger partial charge is 0.475 e. The Morgan fingerprint density at radius 3 is 2.71 bits per heavy atom. The summed E-state index contributed by atoms with van der Waals surface area (Å²) in [4.78, 5) is 11.9. The predicted octanol–water partition coefficient (Wildman–Crippen LogP) is 4.12. The minimum atomic E-state index is -0.513. The lowest BCUT2D eigenvalue weighted by Crippen LogP contribution is -2.16. The lowest BCUT2D eigenvalue weighted by atomic mass is 10.2. The van der Waals surface area contributed by atoms with Crippen LogP contribution in [-0.2, 0) is 11.3 Å². The van der Waals surface area contributed by atoms with Crippen molar-refractivity contribution in [1.82, 2.24) is 5.48 Å². The molecule has 0 atom stereocenters. The maximum absolute atomic E-state index is 11.5. The van der Waals surface area contributed by atoms with Crippen molar-refractivity contribution in [2.75, 3.05) is 5.32 Å². The van der Waals surface area contributed by atoms with Crippen molar-refractivity contribution in [1.29, 1.82) is 0 Å². The van der Waals surface area contributed by atoms with E-state index in [0.29, 0.717) is 17.4 Å². The summed E-state index contributed by atoms with van der Waals surface area (Å²) >= 11 is 1.31. The van der Waals surface area contributed by atoms with E-state index in [9.17, 15) is 4.79 Å². The number of carbonyl (C=O) groups is 1. The molecule has 0 fully saturated rings. The zero-order valence-electron chi connectivity index (χ0n) is 12.8. The molecule has 0 spiro atoms. The van der Waals surface area contributed by atoms with Gasteiger partial charge >= 0.3 is 0 Å². The first-order chi connectivity index (χ1) is 11.7. The molecular weight excluding hydrogens is 324 g/mol. The number of thiophene rings is 1. The van der Waals surface area contributed by atoms with Crippen LogP contribution < -0.4 is 10.8 Å². The van der Waals surface area contributed by atoms with E-state index in [2.05, 4.69) is 11.9 Å². The van der Waals surface area contributed by atoms with Gasteiger partial charge in [-0.25, -0.2) is 5.48 Å². The van der Waals surface area contributed by atoms with Gasteiger partial charge in [0.05, 0.1) is 4.88 Å². The van der Waals surface area contributed by atoms with Gasteiger partial charge in [-0.05, 0) is 41.8 Å². The number of hydrogen-bond acceptors (Lipinski definition) is 5. The second kappa shape index (κ2) is 7.16. The molecule has 0 saturated carbocycles. The molecule has 2 aromatic carbocycles. The van der Waals surface area contributed by atoms with Crippen molar-refractivity contribution < 1.29 is 14.7 Å². The molecule has 3 rings (SSSR count). The number of ether oxygens (including phenoxy) is 1. The van der Waals surface area contributed by atoms with E-state index >= 15 is 0 Å². The fourth-order valence-corrected chi connectivity index (χ4v) is 3.16. The molecule has 0 aliphatic carbocycles. The summed E-state index contributed by atoms with van der Waals surface area (Å²) in [7, 11) is 0. The molecule has 1 aromatic heterocycles. The van der Waals surface area contributed by atoms with Gasteiger partial charge in [0.15, 0.2) is 5.88 Å². The highest BCUT2D eigenvalue weighted by Crippen LogP contribution is 2.28. The molecule has 1 amide bonds. The zero-order valence-corrected chi connectivity index (χ0v) is 13.6. The SMILES string of the molecule is C=C(Nc1ccc2sc(C(=O)NO)cc2c1)OCc1ccccc1. The average molecular weight is 340 g/mol. The maximum Gasteiger partial charge on any atom is 0.284 e. The summed E-state index contributed by atoms with van der Waals surface area (Å²) in [5, 5.41) is 12.7. The maximum atomic E-state index is 11.5. The fraction of sp³-hybridized carbons (Fsp3) is 0.0556. The minimum absolute atomic E-state index is 0.439. The van der Waals surface area contributed by atoms with Gasteiger partial charge in [-0.3, -0.25) is 10.0 Å². The van der Waals surface area contributed by atoms with Crippen LogP contribution in [0.1, 0.15) is 15.2 Å². The van der Waals surface area contributed by atoms with Gasteiger partial charge in [0, 0.05) is 10.4 Å². The first-order valence-electron chi connectivity index (χ1n) is 7.26. The molecular formula is C18H16N2O3S. The van der Waals surface area contributed by atoms with Crippen LogP contribution in [0.25, 0.3) is 10.1 Å². The molecule has 0 unspecified atom stereocenters. The van der Waals surface area contributed by atoms with Crippen LogP contribution >= 0.6 is 11.3 Å². The third-order valence-corrected chi connectivity index (χ3v) is 4.50. The van der Waals surface area contributed by atoms with Crippen LogP contribution in [0, 0.1) is 0 Å². The van der Waals surface area contributed by atoms with Gasteiger partial charge in [-0.1, -0.05) is 30.3 Å². The number of amides is 1. The highest BCUT2D eigenvalue weighted by molar-refractivity contribution is 7.20. The van der Waals surface area contributed by atoms with Gasteiger partial charge in [-0.2, -0.15) is 0 Å². The van der Waals surface area contributed by atoms with Crippen molar-refractivity contribution in [2.24, 2.45) is 0 Å². The summed E-state index contributed by atoms with van der Waals surface area (Å²) in [6.07, 6.45) is 0. The normalized spacial score (nSPS) is 10.4. The van der Waals surface area contributed by atoms with E-state index in [-0.39, 0.29) is 0 Å². The number of fused-ring (bicyclic) bond motifs is 1. The highest BCUT2D eigenvalue weighted by Gasteiger charge is 2.09. The number of nitrogens with one attached hydrogen (secondary N) is 2. The number of carbonyl (C=O) groups excluding carboxylic acids is 1. The summed E-state index contributed by atoms with van der Waals surface area (Å²) < 4.78 is 6.56. The van der Waals surface area contributed by atoms with Crippen LogP contribution in [0.5, 0.6) is 0 Å². The minimum Gasteiger partial charge on any atom is -0.475 e. The molecule has 6 heteroatoms. The van der Waals surface area contributed by atoms with Crippen LogP contribution in [0.4, 0.5) is 5.69 Å². The Morgan fingerprint density at radius 2 is 1.96 bits per heavy atom. The van der Waals surface area contributed by atoms with E-state index in [1.54, 1.807) is 11.5 Å². The summed E-state index contributed by atoms with van der Waals surface area (Å²) in [5.74, 6) is -0.0666. The standard InChI is InChI=1S/C18H16N2O3S/c1-12(23-11-13-5-3-2-4-6-13)19-15-7-8-16-14(9-15)10-17(24-16)18(21)20-22/h2-10,19,22H,1,11H2,(H,20,21). The Morgan fingerprint density at radius 1 is 1.17 bits per heavy atom. The smallest absolute Gasteiger partial charge is 0.284 e. The molecule has 24 heavy (non-hydrogen) atoms. The Hall–Kier alpha value is -2.83. The van der Waals surface area contributed by atoms with Gasteiger partial charge in [0.25, 0.3) is 5.91 Å². The van der Waals surface area contributed by atoms with Gasteiger partial charge in [0.2, 0.25) is 0 Å². The van der Waals surface area contributed by atoms with Crippen LogP contribution in [0.15, 0.2) is 67.1 Å². The number of anilines is 1. The number of rotatable bonds is 6. The highest BCUT2D eigenvalue weighted by atomic mass is 32.1. The van der Waals surface area contributed by atoms with Crippen molar-refractivity contribution in [3.05, 3.63) is 77.5 Å². The Kier molecular flexibility index (Phi) is 4.79. The summed E-state index contributed by atoms with van der Waals surface area (Å²) in [6, 6.07) is 17.3. The van der Waals surface area contributed by atoms with Gasteiger partial charge in [-0.15, -0.1) is 11.3 Å². The number of benzene rings is 2. The molecule has 0 aliphatic heterocycles. The fourth-order valence-electron chi connectivity index (χ4n) is 2.23. The van der Waals surface area contributed by atoms with Crippen molar-refractivity contribution in [3.8, 4) is 0 Å². The Labute approximate surface area is 143 Å².